The molecule has 0 aliphatic heterocycles. The Morgan fingerprint density at radius 1 is 1.30 bits per heavy atom. The second kappa shape index (κ2) is 6.95. The first-order valence-electron chi connectivity index (χ1n) is 7.11. The maximum absolute atomic E-state index is 13.2. The average molecular weight is 292 g/mol. The van der Waals surface area contributed by atoms with Crippen LogP contribution in [-0.4, -0.2) is 11.5 Å². The summed E-state index contributed by atoms with van der Waals surface area (Å²) in [4.78, 5) is 6.07. The Bertz CT molecular complexity index is 578. The number of benzene rings is 1. The van der Waals surface area contributed by atoms with Crippen molar-refractivity contribution in [2.24, 2.45) is 0 Å². The van der Waals surface area contributed by atoms with Crippen molar-refractivity contribution in [3.05, 3.63) is 40.2 Å². The van der Waals surface area contributed by atoms with Gasteiger partial charge in [-0.25, -0.2) is 9.37 Å². The van der Waals surface area contributed by atoms with E-state index in [1.165, 1.54) is 16.6 Å². The summed E-state index contributed by atoms with van der Waals surface area (Å²) < 4.78 is 13.2. The van der Waals surface area contributed by atoms with Gasteiger partial charge in [0.15, 0.2) is 0 Å². The highest BCUT2D eigenvalue weighted by Gasteiger charge is 2.13. The van der Waals surface area contributed by atoms with E-state index in [0.717, 1.165) is 42.1 Å². The van der Waals surface area contributed by atoms with Gasteiger partial charge in [0.05, 0.1) is 5.69 Å². The topological polar surface area (TPSA) is 24.9 Å². The number of nitrogens with zero attached hydrogens (tertiary/aromatic N) is 1. The lowest BCUT2D eigenvalue weighted by Crippen LogP contribution is -2.11. The molecule has 2 nitrogen and oxygen atoms in total. The summed E-state index contributed by atoms with van der Waals surface area (Å²) in [5, 5.41) is 4.36. The summed E-state index contributed by atoms with van der Waals surface area (Å²) in [6.07, 6.45) is 2.09. The Morgan fingerprint density at radius 2 is 2.10 bits per heavy atom. The first-order chi connectivity index (χ1) is 9.65. The molecule has 1 aromatic carbocycles. The van der Waals surface area contributed by atoms with E-state index >= 15 is 0 Å². The fourth-order valence-corrected chi connectivity index (χ4v) is 3.34. The first-order valence-corrected chi connectivity index (χ1v) is 7.93. The van der Waals surface area contributed by atoms with E-state index in [0.29, 0.717) is 0 Å². The van der Waals surface area contributed by atoms with Crippen molar-refractivity contribution >= 4 is 11.3 Å². The van der Waals surface area contributed by atoms with E-state index in [9.17, 15) is 4.39 Å². The van der Waals surface area contributed by atoms with Crippen LogP contribution in [0.2, 0.25) is 0 Å². The van der Waals surface area contributed by atoms with Crippen LogP contribution in [0.5, 0.6) is 0 Å². The Balaban J connectivity index is 2.36. The van der Waals surface area contributed by atoms with E-state index in [4.69, 9.17) is 4.98 Å². The van der Waals surface area contributed by atoms with Gasteiger partial charge in [0, 0.05) is 17.0 Å². The van der Waals surface area contributed by atoms with Crippen molar-refractivity contribution in [3.63, 3.8) is 0 Å². The molecule has 0 aliphatic carbocycles. The van der Waals surface area contributed by atoms with Crippen molar-refractivity contribution in [2.75, 3.05) is 6.54 Å². The third-order valence-corrected chi connectivity index (χ3v) is 4.35. The van der Waals surface area contributed by atoms with Gasteiger partial charge in [0.1, 0.15) is 10.8 Å². The van der Waals surface area contributed by atoms with Crippen molar-refractivity contribution in [2.45, 2.75) is 40.2 Å². The largest absolute Gasteiger partial charge is 0.312 e. The quantitative estimate of drug-likeness (QED) is 0.857. The van der Waals surface area contributed by atoms with Crippen LogP contribution in [0.25, 0.3) is 10.6 Å². The molecule has 0 saturated carbocycles. The monoisotopic (exact) mass is 292 g/mol. The molecule has 4 heteroatoms. The molecular weight excluding hydrogens is 271 g/mol. The summed E-state index contributed by atoms with van der Waals surface area (Å²) in [5.41, 5.74) is 3.16. The number of hydrogen-bond donors (Lipinski definition) is 1. The lowest BCUT2D eigenvalue weighted by atomic mass is 10.1. The molecule has 2 aromatic rings. The molecule has 1 heterocycles. The fourth-order valence-electron chi connectivity index (χ4n) is 2.17. The van der Waals surface area contributed by atoms with Gasteiger partial charge in [-0.05, 0) is 43.7 Å². The van der Waals surface area contributed by atoms with Crippen LogP contribution < -0.4 is 5.32 Å². The summed E-state index contributed by atoms with van der Waals surface area (Å²) >= 11 is 1.72. The van der Waals surface area contributed by atoms with Crippen LogP contribution in [0.4, 0.5) is 4.39 Å². The molecule has 0 bridgehead atoms. The molecule has 0 radical (unpaired) electrons. The normalized spacial score (nSPS) is 11.0. The van der Waals surface area contributed by atoms with E-state index in [-0.39, 0.29) is 5.82 Å². The van der Waals surface area contributed by atoms with Crippen LogP contribution >= 0.6 is 11.3 Å². The predicted octanol–water partition coefficient (Wildman–Crippen LogP) is 4.32. The molecular formula is C16H21FN2S. The highest BCUT2D eigenvalue weighted by Crippen LogP contribution is 2.31. The third kappa shape index (κ3) is 3.44. The molecule has 0 amide bonds. The Kier molecular flexibility index (Phi) is 5.26. The zero-order valence-corrected chi connectivity index (χ0v) is 13.1. The zero-order chi connectivity index (χ0) is 14.5. The Labute approximate surface area is 124 Å². The SMILES string of the molecule is CCCc1nc(-c2ccc(F)cc2C)sc1CNCC. The lowest BCUT2D eigenvalue weighted by molar-refractivity contribution is 0.627. The number of thiazole rings is 1. The molecule has 20 heavy (non-hydrogen) atoms. The van der Waals surface area contributed by atoms with Crippen LogP contribution in [-0.2, 0) is 13.0 Å². The minimum atomic E-state index is -0.190. The first kappa shape index (κ1) is 15.1. The second-order valence-corrected chi connectivity index (χ2v) is 5.96. The maximum atomic E-state index is 13.2. The van der Waals surface area contributed by atoms with Gasteiger partial charge in [-0.15, -0.1) is 11.3 Å². The summed E-state index contributed by atoms with van der Waals surface area (Å²) in [7, 11) is 0. The summed E-state index contributed by atoms with van der Waals surface area (Å²) in [6, 6.07) is 4.91. The molecule has 108 valence electrons. The molecule has 0 aliphatic rings. The Hall–Kier alpha value is -1.26. The molecule has 0 spiro atoms. The van der Waals surface area contributed by atoms with Crippen LogP contribution in [0.1, 0.15) is 36.4 Å². The highest BCUT2D eigenvalue weighted by atomic mass is 32.1. The summed E-state index contributed by atoms with van der Waals surface area (Å²) in [6.45, 7) is 8.02. The maximum Gasteiger partial charge on any atom is 0.124 e. The minimum Gasteiger partial charge on any atom is -0.312 e. The fraction of sp³-hybridized carbons (Fsp3) is 0.438. The molecule has 1 aromatic heterocycles. The molecule has 2 rings (SSSR count). The third-order valence-electron chi connectivity index (χ3n) is 3.22. The second-order valence-electron chi connectivity index (χ2n) is 4.88. The van der Waals surface area contributed by atoms with E-state index in [2.05, 4.69) is 19.2 Å². The van der Waals surface area contributed by atoms with Crippen LogP contribution in [0.3, 0.4) is 0 Å². The smallest absolute Gasteiger partial charge is 0.124 e. The van der Waals surface area contributed by atoms with Crippen LogP contribution in [0, 0.1) is 12.7 Å². The van der Waals surface area contributed by atoms with E-state index < -0.39 is 0 Å². The van der Waals surface area contributed by atoms with Gasteiger partial charge < -0.3 is 5.32 Å². The van der Waals surface area contributed by atoms with Gasteiger partial charge in [-0.2, -0.15) is 0 Å². The predicted molar refractivity (Wildman–Crippen MR) is 83.6 cm³/mol. The standard InChI is InChI=1S/C16H21FN2S/c1-4-6-14-15(10-18-5-2)20-16(19-14)13-8-7-12(17)9-11(13)3/h7-9,18H,4-6,10H2,1-3H3. The molecule has 0 unspecified atom stereocenters. The van der Waals surface area contributed by atoms with Gasteiger partial charge in [-0.3, -0.25) is 0 Å². The van der Waals surface area contributed by atoms with E-state index in [1.807, 2.05) is 13.0 Å². The molecule has 0 fully saturated rings. The highest BCUT2D eigenvalue weighted by molar-refractivity contribution is 7.15. The van der Waals surface area contributed by atoms with Crippen molar-refractivity contribution < 1.29 is 4.39 Å². The van der Waals surface area contributed by atoms with Gasteiger partial charge >= 0.3 is 0 Å². The summed E-state index contributed by atoms with van der Waals surface area (Å²) in [5.74, 6) is -0.190. The van der Waals surface area contributed by atoms with Crippen LogP contribution in [0.15, 0.2) is 18.2 Å². The van der Waals surface area contributed by atoms with Crippen molar-refractivity contribution in [3.8, 4) is 10.6 Å². The number of aromatic nitrogens is 1. The lowest BCUT2D eigenvalue weighted by Gasteiger charge is -2.01. The number of aryl methyl sites for hydroxylation is 2. The minimum absolute atomic E-state index is 0.190. The molecule has 0 atom stereocenters. The molecule has 1 N–H and O–H groups in total. The molecule has 0 saturated heterocycles. The number of rotatable bonds is 6. The van der Waals surface area contributed by atoms with Gasteiger partial charge in [-0.1, -0.05) is 20.3 Å². The number of halogens is 1. The van der Waals surface area contributed by atoms with E-state index in [1.54, 1.807) is 17.4 Å². The van der Waals surface area contributed by atoms with Crippen molar-refractivity contribution in [1.82, 2.24) is 10.3 Å². The zero-order valence-electron chi connectivity index (χ0n) is 12.3. The number of hydrogen-bond acceptors (Lipinski definition) is 3. The average Bonchev–Trinajstić information content (AvgIpc) is 2.80. The van der Waals surface area contributed by atoms with Gasteiger partial charge in [0.2, 0.25) is 0 Å². The Morgan fingerprint density at radius 3 is 2.75 bits per heavy atom. The van der Waals surface area contributed by atoms with Gasteiger partial charge in [0.25, 0.3) is 0 Å². The van der Waals surface area contributed by atoms with Crippen molar-refractivity contribution in [1.29, 1.82) is 0 Å². The number of nitrogens with one attached hydrogen (secondary N) is 1.